The molecule has 1 aromatic rings. The maximum Gasteiger partial charge on any atom is 0.331 e. The van der Waals surface area contributed by atoms with Crippen molar-refractivity contribution in [1.29, 1.82) is 0 Å². The van der Waals surface area contributed by atoms with Gasteiger partial charge in [0.2, 0.25) is 5.91 Å². The molecule has 0 bridgehead atoms. The van der Waals surface area contributed by atoms with Crippen LogP contribution in [0, 0.1) is 11.7 Å². The van der Waals surface area contributed by atoms with E-state index in [1.165, 1.54) is 17.0 Å². The lowest BCUT2D eigenvalue weighted by Crippen LogP contribution is -2.47. The third-order valence-electron chi connectivity index (χ3n) is 5.03. The Hall–Kier alpha value is -2.52. The molecule has 1 amide bonds. The molecule has 1 aliphatic heterocycles. The molecule has 1 saturated heterocycles. The largest absolute Gasteiger partial charge is 0.481 e. The number of halogens is 1. The molecule has 2 unspecified atom stereocenters. The normalized spacial score (nSPS) is 21.5. The average Bonchev–Trinajstić information content (AvgIpc) is 2.63. The molecule has 172 valence electrons. The van der Waals surface area contributed by atoms with E-state index in [0.717, 1.165) is 12.1 Å². The Morgan fingerprint density at radius 3 is 2.23 bits per heavy atom. The third-order valence-corrected chi connectivity index (χ3v) is 5.03. The Morgan fingerprint density at radius 1 is 1.13 bits per heavy atom. The zero-order chi connectivity index (χ0) is 23.3. The van der Waals surface area contributed by atoms with Crippen LogP contribution >= 0.6 is 0 Å². The van der Waals surface area contributed by atoms with Crippen LogP contribution in [0.25, 0.3) is 0 Å². The van der Waals surface area contributed by atoms with Gasteiger partial charge in [-0.15, -0.1) is 0 Å². The molecule has 1 aromatic carbocycles. The van der Waals surface area contributed by atoms with E-state index in [9.17, 15) is 23.9 Å². The van der Waals surface area contributed by atoms with Gasteiger partial charge in [-0.2, -0.15) is 0 Å². The van der Waals surface area contributed by atoms with Crippen LogP contribution in [-0.4, -0.2) is 57.5 Å². The second kappa shape index (κ2) is 10.2. The highest BCUT2D eigenvalue weighted by atomic mass is 19.1. The van der Waals surface area contributed by atoms with Crippen LogP contribution in [-0.2, 0) is 23.9 Å². The summed E-state index contributed by atoms with van der Waals surface area (Å²) in [4.78, 5) is 37.3. The summed E-state index contributed by atoms with van der Waals surface area (Å²) in [5, 5.41) is 18.9. The monoisotopic (exact) mass is 439 g/mol. The van der Waals surface area contributed by atoms with Gasteiger partial charge in [-0.1, -0.05) is 26.0 Å². The van der Waals surface area contributed by atoms with E-state index in [2.05, 4.69) is 0 Å². The van der Waals surface area contributed by atoms with E-state index >= 15 is 0 Å². The lowest BCUT2D eigenvalue weighted by Gasteiger charge is -2.41. The number of ether oxygens (including phenoxy) is 2. The number of benzene rings is 1. The molecule has 9 heteroatoms. The molecule has 1 aliphatic rings. The summed E-state index contributed by atoms with van der Waals surface area (Å²) in [7, 11) is 0. The van der Waals surface area contributed by atoms with Gasteiger partial charge in [0.1, 0.15) is 5.82 Å². The molecule has 2 N–H and O–H groups in total. The van der Waals surface area contributed by atoms with Crippen molar-refractivity contribution >= 4 is 17.8 Å². The second-order valence-corrected chi connectivity index (χ2v) is 8.48. The summed E-state index contributed by atoms with van der Waals surface area (Å²) in [6.07, 6.45) is -0.531. The van der Waals surface area contributed by atoms with Crippen LogP contribution in [0.1, 0.15) is 58.6 Å². The van der Waals surface area contributed by atoms with Gasteiger partial charge in [-0.05, 0) is 38.0 Å². The van der Waals surface area contributed by atoms with Crippen LogP contribution in [0.5, 0.6) is 0 Å². The van der Waals surface area contributed by atoms with Crippen molar-refractivity contribution in [1.82, 2.24) is 4.90 Å². The quantitative estimate of drug-likeness (QED) is 0.607. The molecule has 0 spiro atoms. The van der Waals surface area contributed by atoms with Gasteiger partial charge >= 0.3 is 11.9 Å². The number of rotatable bonds is 9. The molecule has 1 heterocycles. The molecule has 0 aliphatic carbocycles. The second-order valence-electron chi connectivity index (χ2n) is 8.48. The van der Waals surface area contributed by atoms with Gasteiger partial charge in [0.15, 0.2) is 11.8 Å². The van der Waals surface area contributed by atoms with Crippen LogP contribution < -0.4 is 0 Å². The fraction of sp³-hybridized carbons (Fsp3) is 0.591. The number of carbonyl (C=O) groups is 3. The Bertz CT molecular complexity index is 794. The van der Waals surface area contributed by atoms with Crippen molar-refractivity contribution in [2.75, 3.05) is 6.54 Å². The molecular formula is C22H30FNO7. The van der Waals surface area contributed by atoms with Gasteiger partial charge in [0.05, 0.1) is 18.6 Å². The van der Waals surface area contributed by atoms with Gasteiger partial charge < -0.3 is 24.6 Å². The Labute approximate surface area is 180 Å². The van der Waals surface area contributed by atoms with Crippen molar-refractivity contribution in [3.8, 4) is 0 Å². The van der Waals surface area contributed by atoms with Crippen molar-refractivity contribution in [3.05, 3.63) is 35.6 Å². The average molecular weight is 439 g/mol. The summed E-state index contributed by atoms with van der Waals surface area (Å²) in [6.45, 7) is 6.80. The smallest absolute Gasteiger partial charge is 0.331 e. The summed E-state index contributed by atoms with van der Waals surface area (Å²) < 4.78 is 24.9. The molecule has 3 atom stereocenters. The van der Waals surface area contributed by atoms with Crippen LogP contribution in [0.4, 0.5) is 4.39 Å². The zero-order valence-corrected chi connectivity index (χ0v) is 18.2. The number of nitrogens with zero attached hydrogens (tertiary/aromatic N) is 1. The van der Waals surface area contributed by atoms with Gasteiger partial charge in [-0.3, -0.25) is 9.59 Å². The van der Waals surface area contributed by atoms with E-state index in [0.29, 0.717) is 18.4 Å². The molecule has 0 radical (unpaired) electrons. The lowest BCUT2D eigenvalue weighted by molar-refractivity contribution is -0.300. The van der Waals surface area contributed by atoms with Gasteiger partial charge in [0.25, 0.3) is 0 Å². The number of hydrogen-bond donors (Lipinski definition) is 2. The first-order chi connectivity index (χ1) is 14.4. The van der Waals surface area contributed by atoms with E-state index in [1.807, 2.05) is 0 Å². The van der Waals surface area contributed by atoms with E-state index < -0.39 is 47.7 Å². The van der Waals surface area contributed by atoms with Crippen LogP contribution in [0.15, 0.2) is 24.3 Å². The first kappa shape index (κ1) is 24.7. The molecule has 2 rings (SSSR count). The van der Waals surface area contributed by atoms with Crippen LogP contribution in [0.3, 0.4) is 0 Å². The van der Waals surface area contributed by atoms with Crippen molar-refractivity contribution < 1.29 is 38.5 Å². The maximum absolute atomic E-state index is 13.3. The predicted octanol–water partition coefficient (Wildman–Crippen LogP) is 3.21. The molecule has 0 saturated carbocycles. The van der Waals surface area contributed by atoms with Crippen molar-refractivity contribution in [2.24, 2.45) is 5.92 Å². The number of carbonyl (C=O) groups excluding carboxylic acids is 1. The first-order valence-corrected chi connectivity index (χ1v) is 10.3. The SMILES string of the molecule is CC(C)C(=O)N(CCC1C[C@H](CC(=O)O)OC(C)(C)O1)C(C(=O)O)c1ccc(F)cc1. The summed E-state index contributed by atoms with van der Waals surface area (Å²) in [6, 6.07) is 3.74. The molecule has 8 nitrogen and oxygen atoms in total. The maximum atomic E-state index is 13.3. The van der Waals surface area contributed by atoms with Gasteiger partial charge in [0, 0.05) is 18.9 Å². The Balaban J connectivity index is 2.23. The minimum absolute atomic E-state index is 0.0753. The predicted molar refractivity (Wildman–Crippen MR) is 109 cm³/mol. The van der Waals surface area contributed by atoms with Crippen molar-refractivity contribution in [2.45, 2.75) is 71.0 Å². The highest BCUT2D eigenvalue weighted by molar-refractivity contribution is 5.85. The number of aliphatic carboxylic acids is 2. The third kappa shape index (κ3) is 7.00. The Kier molecular flexibility index (Phi) is 8.14. The standard InChI is InChI=1S/C22H30FNO7/c1-13(2)20(27)24(19(21(28)29)14-5-7-15(23)8-6-14)10-9-16-11-17(12-18(25)26)31-22(3,4)30-16/h5-8,13,16-17,19H,9-12H2,1-4H3,(H,25,26)(H,28,29)/t16?,17-,19?/m1/s1. The molecule has 1 fully saturated rings. The van der Waals surface area contributed by atoms with Crippen molar-refractivity contribution in [3.63, 3.8) is 0 Å². The lowest BCUT2D eigenvalue weighted by atomic mass is 10.00. The summed E-state index contributed by atoms with van der Waals surface area (Å²) >= 11 is 0. The summed E-state index contributed by atoms with van der Waals surface area (Å²) in [5.41, 5.74) is 0.292. The molecule has 0 aromatic heterocycles. The minimum atomic E-state index is -1.28. The summed E-state index contributed by atoms with van der Waals surface area (Å²) in [5.74, 6) is -4.52. The van der Waals surface area contributed by atoms with Crippen LogP contribution in [0.2, 0.25) is 0 Å². The van der Waals surface area contributed by atoms with E-state index in [4.69, 9.17) is 14.6 Å². The fourth-order valence-corrected chi connectivity index (χ4v) is 3.80. The van der Waals surface area contributed by atoms with E-state index in [-0.39, 0.29) is 18.9 Å². The molecular weight excluding hydrogens is 409 g/mol. The minimum Gasteiger partial charge on any atom is -0.481 e. The topological polar surface area (TPSA) is 113 Å². The van der Waals surface area contributed by atoms with E-state index in [1.54, 1.807) is 27.7 Å². The first-order valence-electron chi connectivity index (χ1n) is 10.3. The fourth-order valence-electron chi connectivity index (χ4n) is 3.80. The number of carboxylic acid groups (broad SMARTS) is 2. The molecule has 31 heavy (non-hydrogen) atoms. The highest BCUT2D eigenvalue weighted by Gasteiger charge is 2.38. The number of hydrogen-bond acceptors (Lipinski definition) is 5. The Morgan fingerprint density at radius 2 is 1.71 bits per heavy atom. The zero-order valence-electron chi connectivity index (χ0n) is 18.2. The highest BCUT2D eigenvalue weighted by Crippen LogP contribution is 2.31. The number of carboxylic acids is 2. The number of amides is 1. The van der Waals surface area contributed by atoms with Gasteiger partial charge in [-0.25, -0.2) is 9.18 Å².